The molecule has 0 saturated carbocycles. The van der Waals surface area contributed by atoms with Gasteiger partial charge >= 0.3 is 11.7 Å². The number of carbonyl (C=O) groups is 2. The van der Waals surface area contributed by atoms with E-state index in [9.17, 15) is 19.2 Å². The van der Waals surface area contributed by atoms with Crippen LogP contribution in [-0.4, -0.2) is 28.1 Å². The molecule has 0 unspecified atom stereocenters. The number of amides is 1. The van der Waals surface area contributed by atoms with E-state index in [0.717, 1.165) is 4.57 Å². The minimum Gasteiger partial charge on any atom is -0.465 e. The van der Waals surface area contributed by atoms with Crippen LogP contribution in [0.5, 0.6) is 0 Å². The third-order valence-corrected chi connectivity index (χ3v) is 6.27. The average Bonchev–Trinajstić information content (AvgIpc) is 3.31. The number of ether oxygens (including phenoxy) is 1. The summed E-state index contributed by atoms with van der Waals surface area (Å²) in [5, 5.41) is 4.83. The number of nitrogens with zero attached hydrogens (tertiary/aromatic N) is 2. The van der Waals surface area contributed by atoms with Crippen LogP contribution < -0.4 is 16.6 Å². The van der Waals surface area contributed by atoms with Gasteiger partial charge in [-0.1, -0.05) is 29.8 Å². The van der Waals surface area contributed by atoms with E-state index in [1.165, 1.54) is 35.1 Å². The van der Waals surface area contributed by atoms with Crippen LogP contribution in [0.25, 0.3) is 10.2 Å². The van der Waals surface area contributed by atoms with Gasteiger partial charge in [-0.25, -0.2) is 9.59 Å². The number of thiophene rings is 1. The molecule has 0 aliphatic carbocycles. The molecule has 8 nitrogen and oxygen atoms in total. The summed E-state index contributed by atoms with van der Waals surface area (Å²) in [7, 11) is 1.28. The molecule has 4 aromatic rings. The number of hydrogen-bond donors (Lipinski definition) is 1. The molecular weight excluding hydrogens is 466 g/mol. The van der Waals surface area contributed by atoms with E-state index in [-0.39, 0.29) is 13.1 Å². The fourth-order valence-electron chi connectivity index (χ4n) is 3.37. The first-order chi connectivity index (χ1) is 15.9. The molecule has 0 fully saturated rings. The van der Waals surface area contributed by atoms with Gasteiger partial charge in [0.25, 0.3) is 5.56 Å². The van der Waals surface area contributed by atoms with Crippen molar-refractivity contribution in [1.29, 1.82) is 0 Å². The topological polar surface area (TPSA) is 99.4 Å². The van der Waals surface area contributed by atoms with Crippen molar-refractivity contribution in [3.8, 4) is 0 Å². The second-order valence-electron chi connectivity index (χ2n) is 7.10. The van der Waals surface area contributed by atoms with Crippen molar-refractivity contribution in [2.75, 3.05) is 12.4 Å². The van der Waals surface area contributed by atoms with Gasteiger partial charge in [0.2, 0.25) is 5.91 Å². The Labute approximate surface area is 196 Å². The lowest BCUT2D eigenvalue weighted by molar-refractivity contribution is -0.116. The summed E-state index contributed by atoms with van der Waals surface area (Å²) < 4.78 is 7.37. The van der Waals surface area contributed by atoms with Gasteiger partial charge in [-0.2, -0.15) is 0 Å². The summed E-state index contributed by atoms with van der Waals surface area (Å²) in [6.45, 7) is -0.310. The predicted molar refractivity (Wildman–Crippen MR) is 127 cm³/mol. The minimum atomic E-state index is -0.609. The number of fused-ring (bicyclic) bond motifs is 1. The van der Waals surface area contributed by atoms with Crippen LogP contribution >= 0.6 is 22.9 Å². The molecule has 0 radical (unpaired) electrons. The number of nitrogens with one attached hydrogen (secondary N) is 1. The van der Waals surface area contributed by atoms with Crippen molar-refractivity contribution >= 4 is 50.7 Å². The highest BCUT2D eigenvalue weighted by molar-refractivity contribution is 7.17. The van der Waals surface area contributed by atoms with E-state index < -0.39 is 23.1 Å². The lowest BCUT2D eigenvalue weighted by Crippen LogP contribution is -2.41. The molecule has 168 valence electrons. The predicted octanol–water partition coefficient (Wildman–Crippen LogP) is 3.35. The lowest BCUT2D eigenvalue weighted by Gasteiger charge is -2.13. The van der Waals surface area contributed by atoms with Gasteiger partial charge in [0.1, 0.15) is 11.2 Å². The Morgan fingerprint density at radius 1 is 1.03 bits per heavy atom. The number of esters is 1. The third-order valence-electron chi connectivity index (χ3n) is 5.01. The number of anilines is 1. The van der Waals surface area contributed by atoms with Gasteiger partial charge in [-0.15, -0.1) is 11.3 Å². The zero-order valence-electron chi connectivity index (χ0n) is 17.4. The molecule has 0 saturated heterocycles. The van der Waals surface area contributed by atoms with Crippen LogP contribution in [0.3, 0.4) is 0 Å². The smallest absolute Gasteiger partial charge is 0.337 e. The number of hydrogen-bond acceptors (Lipinski definition) is 6. The number of aromatic nitrogens is 2. The molecule has 1 amide bonds. The van der Waals surface area contributed by atoms with E-state index in [4.69, 9.17) is 11.6 Å². The van der Waals surface area contributed by atoms with Gasteiger partial charge in [0.15, 0.2) is 0 Å². The normalized spacial score (nSPS) is 10.8. The number of benzene rings is 2. The first kappa shape index (κ1) is 22.5. The van der Waals surface area contributed by atoms with Gasteiger partial charge in [-0.3, -0.25) is 18.7 Å². The van der Waals surface area contributed by atoms with Crippen molar-refractivity contribution in [2.45, 2.75) is 13.1 Å². The Balaban J connectivity index is 1.65. The maximum Gasteiger partial charge on any atom is 0.337 e. The van der Waals surface area contributed by atoms with E-state index in [1.54, 1.807) is 47.8 Å². The summed E-state index contributed by atoms with van der Waals surface area (Å²) >= 11 is 7.42. The molecule has 10 heteroatoms. The van der Waals surface area contributed by atoms with E-state index in [0.29, 0.717) is 32.1 Å². The molecule has 0 atom stereocenters. The van der Waals surface area contributed by atoms with Crippen LogP contribution in [-0.2, 0) is 22.6 Å². The Morgan fingerprint density at radius 2 is 1.76 bits per heavy atom. The van der Waals surface area contributed by atoms with Gasteiger partial charge in [0, 0.05) is 10.7 Å². The largest absolute Gasteiger partial charge is 0.465 e. The highest BCUT2D eigenvalue weighted by Gasteiger charge is 2.17. The monoisotopic (exact) mass is 483 g/mol. The van der Waals surface area contributed by atoms with Crippen LogP contribution in [0.15, 0.2) is 69.6 Å². The quantitative estimate of drug-likeness (QED) is 0.424. The highest BCUT2D eigenvalue weighted by atomic mass is 35.5. The summed E-state index contributed by atoms with van der Waals surface area (Å²) in [6.07, 6.45) is 0. The molecule has 0 spiro atoms. The van der Waals surface area contributed by atoms with Crippen LogP contribution in [0.4, 0.5) is 5.69 Å². The van der Waals surface area contributed by atoms with Crippen molar-refractivity contribution < 1.29 is 14.3 Å². The van der Waals surface area contributed by atoms with E-state index >= 15 is 0 Å². The molecule has 1 N–H and O–H groups in total. The average molecular weight is 484 g/mol. The van der Waals surface area contributed by atoms with Crippen molar-refractivity contribution in [2.24, 2.45) is 0 Å². The molecular formula is C23H18ClN3O5S. The standard InChI is InChI=1S/C23H18ClN3O5S/c1-32-22(30)14-6-8-16(9-7-14)25-19(28)13-26-18-10-11-33-20(18)21(29)27(23(26)31)12-15-4-2-3-5-17(15)24/h2-11H,12-13H2,1H3,(H,25,28). The molecule has 0 aliphatic heterocycles. The summed E-state index contributed by atoms with van der Waals surface area (Å²) in [4.78, 5) is 50.4. The van der Waals surface area contributed by atoms with Gasteiger partial charge in [0.05, 0.1) is 24.7 Å². The molecule has 2 aromatic carbocycles. The van der Waals surface area contributed by atoms with Crippen LogP contribution in [0.2, 0.25) is 5.02 Å². The van der Waals surface area contributed by atoms with Crippen molar-refractivity contribution in [1.82, 2.24) is 9.13 Å². The first-order valence-electron chi connectivity index (χ1n) is 9.81. The van der Waals surface area contributed by atoms with Gasteiger partial charge < -0.3 is 10.1 Å². The van der Waals surface area contributed by atoms with E-state index in [1.807, 2.05) is 0 Å². The van der Waals surface area contributed by atoms with Crippen molar-refractivity contribution in [3.05, 3.63) is 97.0 Å². The molecule has 2 aromatic heterocycles. The zero-order chi connectivity index (χ0) is 23.5. The van der Waals surface area contributed by atoms with Crippen molar-refractivity contribution in [3.63, 3.8) is 0 Å². The maximum absolute atomic E-state index is 13.2. The van der Waals surface area contributed by atoms with Crippen LogP contribution in [0.1, 0.15) is 15.9 Å². The lowest BCUT2D eigenvalue weighted by atomic mass is 10.2. The minimum absolute atomic E-state index is 0.0121. The second kappa shape index (κ2) is 9.43. The highest BCUT2D eigenvalue weighted by Crippen LogP contribution is 2.18. The Morgan fingerprint density at radius 3 is 2.45 bits per heavy atom. The Bertz CT molecular complexity index is 1470. The maximum atomic E-state index is 13.2. The number of carbonyl (C=O) groups excluding carboxylic acids is 2. The first-order valence-corrected chi connectivity index (χ1v) is 11.1. The summed E-state index contributed by atoms with van der Waals surface area (Å²) in [6, 6.07) is 14.8. The fraction of sp³-hybridized carbons (Fsp3) is 0.130. The molecule has 4 rings (SSSR count). The third kappa shape index (κ3) is 4.59. The van der Waals surface area contributed by atoms with Crippen LogP contribution in [0, 0.1) is 0 Å². The molecule has 2 heterocycles. The summed E-state index contributed by atoms with van der Waals surface area (Å²) in [5.41, 5.74) is 0.768. The fourth-order valence-corrected chi connectivity index (χ4v) is 4.41. The number of rotatable bonds is 6. The molecule has 33 heavy (non-hydrogen) atoms. The second-order valence-corrected chi connectivity index (χ2v) is 8.43. The Kier molecular flexibility index (Phi) is 6.43. The zero-order valence-corrected chi connectivity index (χ0v) is 19.0. The number of methoxy groups -OCH3 is 1. The van der Waals surface area contributed by atoms with Gasteiger partial charge in [-0.05, 0) is 47.3 Å². The Hall–Kier alpha value is -3.69. The SMILES string of the molecule is COC(=O)c1ccc(NC(=O)Cn2c(=O)n(Cc3ccccc3Cl)c(=O)c3sccc32)cc1. The van der Waals surface area contributed by atoms with E-state index in [2.05, 4.69) is 10.1 Å². The number of halogens is 1. The molecule has 0 aliphatic rings. The molecule has 0 bridgehead atoms. The summed E-state index contributed by atoms with van der Waals surface area (Å²) in [5.74, 6) is -0.946.